The molecule has 0 fully saturated rings. The molecule has 0 aliphatic carbocycles. The highest BCUT2D eigenvalue weighted by atomic mass is 32.1. The third-order valence-electron chi connectivity index (χ3n) is 2.79. The summed E-state index contributed by atoms with van der Waals surface area (Å²) in [5, 5.41) is 4.90. The lowest BCUT2D eigenvalue weighted by atomic mass is 10.2. The average molecular weight is 320 g/mol. The first-order valence-corrected chi connectivity index (χ1v) is 7.55. The van der Waals surface area contributed by atoms with Crippen LogP contribution in [0.1, 0.15) is 13.3 Å². The molecule has 0 radical (unpaired) electrons. The van der Waals surface area contributed by atoms with E-state index in [-0.39, 0.29) is 13.0 Å². The van der Waals surface area contributed by atoms with E-state index in [1.165, 1.54) is 11.3 Å². The summed E-state index contributed by atoms with van der Waals surface area (Å²) < 4.78 is 9.86. The SMILES string of the molecule is CCC(=O)OCC(=O)Nc1nc(-c2ccc(OC)cc2)cs1. The van der Waals surface area contributed by atoms with Crippen LogP contribution in [0.4, 0.5) is 5.13 Å². The topological polar surface area (TPSA) is 77.5 Å². The number of amides is 1. The fraction of sp³-hybridized carbons (Fsp3) is 0.267. The minimum absolute atomic E-state index is 0.242. The average Bonchev–Trinajstić information content (AvgIpc) is 3.01. The second-order valence-corrected chi connectivity index (χ2v) is 5.19. The molecule has 1 heterocycles. The summed E-state index contributed by atoms with van der Waals surface area (Å²) in [5.41, 5.74) is 1.68. The first kappa shape index (κ1) is 16.0. The van der Waals surface area contributed by atoms with E-state index in [1.807, 2.05) is 29.6 Å². The van der Waals surface area contributed by atoms with E-state index in [2.05, 4.69) is 10.3 Å². The standard InChI is InChI=1S/C15H16N2O4S/c1-3-14(19)21-8-13(18)17-15-16-12(9-22-15)10-4-6-11(20-2)7-5-10/h4-7,9H,3,8H2,1-2H3,(H,16,17,18). The van der Waals surface area contributed by atoms with Crippen molar-refractivity contribution < 1.29 is 19.1 Å². The lowest BCUT2D eigenvalue weighted by molar-refractivity contribution is -0.146. The van der Waals surface area contributed by atoms with Gasteiger partial charge in [-0.2, -0.15) is 0 Å². The second kappa shape index (κ2) is 7.56. The van der Waals surface area contributed by atoms with Gasteiger partial charge < -0.3 is 9.47 Å². The first-order valence-electron chi connectivity index (χ1n) is 6.67. The van der Waals surface area contributed by atoms with E-state index in [0.29, 0.717) is 5.13 Å². The van der Waals surface area contributed by atoms with Gasteiger partial charge in [-0.05, 0) is 24.3 Å². The molecule has 22 heavy (non-hydrogen) atoms. The van der Waals surface area contributed by atoms with Crippen LogP contribution >= 0.6 is 11.3 Å². The van der Waals surface area contributed by atoms with Crippen molar-refractivity contribution in [3.63, 3.8) is 0 Å². The zero-order valence-electron chi connectivity index (χ0n) is 12.3. The van der Waals surface area contributed by atoms with Crippen LogP contribution in [0.25, 0.3) is 11.3 Å². The molecule has 0 unspecified atom stereocenters. The van der Waals surface area contributed by atoms with Gasteiger partial charge in [0.25, 0.3) is 5.91 Å². The third-order valence-corrected chi connectivity index (χ3v) is 3.55. The number of nitrogens with zero attached hydrogens (tertiary/aromatic N) is 1. The van der Waals surface area contributed by atoms with Crippen molar-refractivity contribution >= 4 is 28.3 Å². The number of benzene rings is 1. The van der Waals surface area contributed by atoms with Crippen LogP contribution in [0.2, 0.25) is 0 Å². The van der Waals surface area contributed by atoms with Gasteiger partial charge in [-0.1, -0.05) is 6.92 Å². The Morgan fingerprint density at radius 1 is 1.27 bits per heavy atom. The molecule has 1 N–H and O–H groups in total. The summed E-state index contributed by atoms with van der Waals surface area (Å²) in [4.78, 5) is 26.9. The van der Waals surface area contributed by atoms with E-state index in [0.717, 1.165) is 17.0 Å². The molecule has 2 rings (SSSR count). The van der Waals surface area contributed by atoms with Gasteiger partial charge in [0.05, 0.1) is 12.8 Å². The normalized spacial score (nSPS) is 10.1. The van der Waals surface area contributed by atoms with Crippen LogP contribution < -0.4 is 10.1 Å². The minimum atomic E-state index is -0.409. The van der Waals surface area contributed by atoms with Gasteiger partial charge in [-0.15, -0.1) is 11.3 Å². The molecule has 0 spiro atoms. The second-order valence-electron chi connectivity index (χ2n) is 4.33. The van der Waals surface area contributed by atoms with E-state index in [1.54, 1.807) is 14.0 Å². The number of hydrogen-bond donors (Lipinski definition) is 1. The highest BCUT2D eigenvalue weighted by molar-refractivity contribution is 7.14. The Hall–Kier alpha value is -2.41. The molecule has 0 aliphatic rings. The molecule has 1 amide bonds. The number of thiazole rings is 1. The highest BCUT2D eigenvalue weighted by Gasteiger charge is 2.10. The monoisotopic (exact) mass is 320 g/mol. The number of anilines is 1. The predicted molar refractivity (Wildman–Crippen MR) is 84.0 cm³/mol. The van der Waals surface area contributed by atoms with Gasteiger partial charge >= 0.3 is 5.97 Å². The Balaban J connectivity index is 1.95. The fourth-order valence-corrected chi connectivity index (χ4v) is 2.36. The highest BCUT2D eigenvalue weighted by Crippen LogP contribution is 2.26. The van der Waals surface area contributed by atoms with Crippen molar-refractivity contribution in [2.45, 2.75) is 13.3 Å². The summed E-state index contributed by atoms with van der Waals surface area (Å²) in [6, 6.07) is 7.47. The summed E-state index contributed by atoms with van der Waals surface area (Å²) >= 11 is 1.31. The van der Waals surface area contributed by atoms with Crippen LogP contribution in [0.3, 0.4) is 0 Å². The third kappa shape index (κ3) is 4.29. The molecule has 1 aromatic carbocycles. The summed E-state index contributed by atoms with van der Waals surface area (Å²) in [7, 11) is 1.61. The van der Waals surface area contributed by atoms with Gasteiger partial charge in [0, 0.05) is 17.4 Å². The molecule has 0 saturated carbocycles. The number of nitrogens with one attached hydrogen (secondary N) is 1. The Labute approximate surface area is 132 Å². The van der Waals surface area contributed by atoms with E-state index >= 15 is 0 Å². The molecule has 0 aliphatic heterocycles. The van der Waals surface area contributed by atoms with Crippen molar-refractivity contribution in [2.24, 2.45) is 0 Å². The number of carbonyl (C=O) groups excluding carboxylic acids is 2. The number of carbonyl (C=O) groups is 2. The van der Waals surface area contributed by atoms with Gasteiger partial charge in [0.1, 0.15) is 5.75 Å². The number of rotatable bonds is 6. The van der Waals surface area contributed by atoms with Crippen LogP contribution in [0, 0.1) is 0 Å². The summed E-state index contributed by atoms with van der Waals surface area (Å²) in [5.74, 6) is -0.0455. The molecular formula is C15H16N2O4S. The summed E-state index contributed by atoms with van der Waals surface area (Å²) in [6.07, 6.45) is 0.242. The first-order chi connectivity index (χ1) is 10.6. The summed E-state index contributed by atoms with van der Waals surface area (Å²) in [6.45, 7) is 1.37. The van der Waals surface area contributed by atoms with Crippen LogP contribution in [0.5, 0.6) is 5.75 Å². The minimum Gasteiger partial charge on any atom is -0.497 e. The smallest absolute Gasteiger partial charge is 0.306 e. The van der Waals surface area contributed by atoms with Crippen molar-refractivity contribution in [1.82, 2.24) is 4.98 Å². The zero-order valence-corrected chi connectivity index (χ0v) is 13.1. The number of methoxy groups -OCH3 is 1. The molecular weight excluding hydrogens is 304 g/mol. The zero-order chi connectivity index (χ0) is 15.9. The van der Waals surface area contributed by atoms with Gasteiger partial charge in [-0.25, -0.2) is 4.98 Å². The molecule has 0 saturated heterocycles. The fourth-order valence-electron chi connectivity index (χ4n) is 1.63. The Kier molecular flexibility index (Phi) is 5.48. The number of aromatic nitrogens is 1. The van der Waals surface area contributed by atoms with Crippen LogP contribution in [-0.2, 0) is 14.3 Å². The van der Waals surface area contributed by atoms with Crippen LogP contribution in [0.15, 0.2) is 29.6 Å². The van der Waals surface area contributed by atoms with E-state index in [4.69, 9.17) is 9.47 Å². The molecule has 2 aromatic rings. The molecule has 1 aromatic heterocycles. The van der Waals surface area contributed by atoms with Crippen molar-refractivity contribution in [3.8, 4) is 17.0 Å². The number of ether oxygens (including phenoxy) is 2. The van der Waals surface area contributed by atoms with E-state index in [9.17, 15) is 9.59 Å². The molecule has 116 valence electrons. The Bertz CT molecular complexity index is 652. The van der Waals surface area contributed by atoms with Crippen molar-refractivity contribution in [2.75, 3.05) is 19.0 Å². The lowest BCUT2D eigenvalue weighted by Crippen LogP contribution is -2.20. The number of hydrogen-bond acceptors (Lipinski definition) is 6. The molecule has 6 nitrogen and oxygen atoms in total. The van der Waals surface area contributed by atoms with Gasteiger partial charge in [-0.3, -0.25) is 14.9 Å². The van der Waals surface area contributed by atoms with Crippen LogP contribution in [-0.4, -0.2) is 30.6 Å². The van der Waals surface area contributed by atoms with Gasteiger partial charge in [0.2, 0.25) is 0 Å². The molecule has 0 atom stereocenters. The van der Waals surface area contributed by atoms with Crippen molar-refractivity contribution in [1.29, 1.82) is 0 Å². The Morgan fingerprint density at radius 3 is 2.64 bits per heavy atom. The quantitative estimate of drug-likeness (QED) is 0.828. The van der Waals surface area contributed by atoms with Crippen molar-refractivity contribution in [3.05, 3.63) is 29.6 Å². The number of esters is 1. The molecule has 0 bridgehead atoms. The maximum absolute atomic E-state index is 11.6. The largest absolute Gasteiger partial charge is 0.497 e. The molecule has 7 heteroatoms. The lowest BCUT2D eigenvalue weighted by Gasteiger charge is -2.03. The van der Waals surface area contributed by atoms with Gasteiger partial charge in [0.15, 0.2) is 11.7 Å². The van der Waals surface area contributed by atoms with E-state index < -0.39 is 11.9 Å². The maximum atomic E-state index is 11.6. The maximum Gasteiger partial charge on any atom is 0.306 e. The predicted octanol–water partition coefficient (Wildman–Crippen LogP) is 2.71. The Morgan fingerprint density at radius 2 is 2.00 bits per heavy atom.